The first-order valence-electron chi connectivity index (χ1n) is 6.52. The molecule has 2 atom stereocenters. The minimum absolute atomic E-state index is 0.347. The average Bonchev–Trinajstić information content (AvgIpc) is 2.40. The van der Waals surface area contributed by atoms with Crippen LogP contribution in [-0.4, -0.2) is 5.54 Å². The number of nitrogens with one attached hydrogen (secondary N) is 1. The highest BCUT2D eigenvalue weighted by Gasteiger charge is 2.35. The van der Waals surface area contributed by atoms with Gasteiger partial charge in [-0.05, 0) is 37.3 Å². The third kappa shape index (κ3) is 2.79. The van der Waals surface area contributed by atoms with Gasteiger partial charge in [0.15, 0.2) is 0 Å². The second-order valence-electron chi connectivity index (χ2n) is 5.06. The summed E-state index contributed by atoms with van der Waals surface area (Å²) in [7, 11) is 0. The van der Waals surface area contributed by atoms with Crippen molar-refractivity contribution in [1.29, 1.82) is 5.26 Å². The quantitative estimate of drug-likeness (QED) is 0.850. The zero-order valence-electron chi connectivity index (χ0n) is 10.4. The molecule has 2 nitrogen and oxygen atoms in total. The molecule has 2 unspecified atom stereocenters. The lowest BCUT2D eigenvalue weighted by Crippen LogP contribution is -2.41. The van der Waals surface area contributed by atoms with Crippen LogP contribution in [0.1, 0.15) is 39.0 Å². The van der Waals surface area contributed by atoms with Crippen LogP contribution < -0.4 is 5.32 Å². The van der Waals surface area contributed by atoms with Gasteiger partial charge in [0, 0.05) is 5.69 Å². The Bertz CT molecular complexity index is 393. The van der Waals surface area contributed by atoms with Gasteiger partial charge in [-0.25, -0.2) is 0 Å². The van der Waals surface area contributed by atoms with Crippen LogP contribution in [0.2, 0.25) is 0 Å². The second kappa shape index (κ2) is 5.23. The van der Waals surface area contributed by atoms with Crippen LogP contribution in [0.15, 0.2) is 30.3 Å². The number of nitrogens with zero attached hydrogens (tertiary/aromatic N) is 1. The number of rotatable bonds is 3. The van der Waals surface area contributed by atoms with Crippen LogP contribution in [0.5, 0.6) is 0 Å². The molecule has 0 amide bonds. The molecule has 17 heavy (non-hydrogen) atoms. The molecule has 2 heteroatoms. The van der Waals surface area contributed by atoms with Crippen molar-refractivity contribution in [1.82, 2.24) is 0 Å². The normalized spacial score (nSPS) is 28.4. The van der Waals surface area contributed by atoms with Gasteiger partial charge >= 0.3 is 0 Å². The molecule has 0 heterocycles. The SMILES string of the molecule is CCC1CCCC(C#N)(Nc2ccccc2)C1. The molecule has 0 bridgehead atoms. The number of hydrogen-bond acceptors (Lipinski definition) is 2. The largest absolute Gasteiger partial charge is 0.367 e. The first-order chi connectivity index (χ1) is 8.28. The Hall–Kier alpha value is -1.49. The van der Waals surface area contributed by atoms with Crippen LogP contribution in [-0.2, 0) is 0 Å². The van der Waals surface area contributed by atoms with Crippen molar-refractivity contribution in [2.45, 2.75) is 44.6 Å². The molecule has 0 radical (unpaired) electrons. The molecule has 1 aliphatic rings. The molecular formula is C15H20N2. The Morgan fingerprint density at radius 3 is 2.82 bits per heavy atom. The van der Waals surface area contributed by atoms with E-state index < -0.39 is 0 Å². The summed E-state index contributed by atoms with van der Waals surface area (Å²) in [5.41, 5.74) is 0.714. The monoisotopic (exact) mass is 228 g/mol. The highest BCUT2D eigenvalue weighted by molar-refractivity contribution is 5.47. The molecule has 1 saturated carbocycles. The number of hydrogen-bond donors (Lipinski definition) is 1. The maximum Gasteiger partial charge on any atom is 0.125 e. The Morgan fingerprint density at radius 1 is 1.41 bits per heavy atom. The van der Waals surface area contributed by atoms with E-state index in [1.807, 2.05) is 30.3 Å². The second-order valence-corrected chi connectivity index (χ2v) is 5.06. The van der Waals surface area contributed by atoms with Crippen molar-refractivity contribution < 1.29 is 0 Å². The molecule has 0 aromatic heterocycles. The van der Waals surface area contributed by atoms with Crippen LogP contribution in [0, 0.1) is 17.2 Å². The number of nitriles is 1. The fourth-order valence-corrected chi connectivity index (χ4v) is 2.78. The lowest BCUT2D eigenvalue weighted by Gasteiger charge is -2.36. The van der Waals surface area contributed by atoms with E-state index >= 15 is 0 Å². The van der Waals surface area contributed by atoms with E-state index in [2.05, 4.69) is 18.3 Å². The zero-order valence-corrected chi connectivity index (χ0v) is 10.4. The van der Waals surface area contributed by atoms with E-state index in [1.54, 1.807) is 0 Å². The van der Waals surface area contributed by atoms with Crippen LogP contribution in [0.3, 0.4) is 0 Å². The fraction of sp³-hybridized carbons (Fsp3) is 0.533. The summed E-state index contributed by atoms with van der Waals surface area (Å²) in [4.78, 5) is 0. The van der Waals surface area contributed by atoms with E-state index in [0.29, 0.717) is 5.92 Å². The van der Waals surface area contributed by atoms with E-state index in [9.17, 15) is 5.26 Å². The highest BCUT2D eigenvalue weighted by atomic mass is 15.0. The predicted molar refractivity (Wildman–Crippen MR) is 70.7 cm³/mol. The lowest BCUT2D eigenvalue weighted by atomic mass is 9.75. The van der Waals surface area contributed by atoms with Crippen LogP contribution in [0.25, 0.3) is 0 Å². The minimum atomic E-state index is -0.347. The Labute approximate surface area is 104 Å². The van der Waals surface area contributed by atoms with Gasteiger partial charge in [-0.2, -0.15) is 5.26 Å². The van der Waals surface area contributed by atoms with Crippen molar-refractivity contribution in [3.63, 3.8) is 0 Å². The minimum Gasteiger partial charge on any atom is -0.367 e. The van der Waals surface area contributed by atoms with E-state index in [0.717, 1.165) is 24.9 Å². The van der Waals surface area contributed by atoms with E-state index in [1.165, 1.54) is 12.8 Å². The van der Waals surface area contributed by atoms with Gasteiger partial charge in [0.25, 0.3) is 0 Å². The molecule has 0 saturated heterocycles. The summed E-state index contributed by atoms with van der Waals surface area (Å²) in [6, 6.07) is 12.6. The standard InChI is InChI=1S/C15H20N2/c1-2-13-7-6-10-15(11-13,12-16)17-14-8-4-3-5-9-14/h3-5,8-9,13,17H,2,6-7,10-11H2,1H3. The first kappa shape index (κ1) is 12.0. The van der Waals surface area contributed by atoms with Crippen molar-refractivity contribution in [3.05, 3.63) is 30.3 Å². The number of para-hydroxylation sites is 1. The molecule has 0 aliphatic heterocycles. The summed E-state index contributed by atoms with van der Waals surface area (Å²) in [6.07, 6.45) is 5.56. The van der Waals surface area contributed by atoms with Crippen molar-refractivity contribution in [3.8, 4) is 6.07 Å². The topological polar surface area (TPSA) is 35.8 Å². The third-order valence-corrected chi connectivity index (χ3v) is 3.80. The number of benzene rings is 1. The summed E-state index contributed by atoms with van der Waals surface area (Å²) >= 11 is 0. The summed E-state index contributed by atoms with van der Waals surface area (Å²) in [6.45, 7) is 2.22. The molecule has 90 valence electrons. The maximum atomic E-state index is 9.50. The average molecular weight is 228 g/mol. The molecular weight excluding hydrogens is 208 g/mol. The number of anilines is 1. The van der Waals surface area contributed by atoms with Crippen molar-refractivity contribution in [2.24, 2.45) is 5.92 Å². The van der Waals surface area contributed by atoms with Crippen molar-refractivity contribution in [2.75, 3.05) is 5.32 Å². The van der Waals surface area contributed by atoms with Gasteiger partial charge in [-0.3, -0.25) is 0 Å². The molecule has 1 N–H and O–H groups in total. The maximum absolute atomic E-state index is 9.50. The van der Waals surface area contributed by atoms with Crippen LogP contribution >= 0.6 is 0 Å². The van der Waals surface area contributed by atoms with Crippen molar-refractivity contribution >= 4 is 5.69 Å². The van der Waals surface area contributed by atoms with E-state index in [4.69, 9.17) is 0 Å². The molecule has 1 aromatic rings. The molecule has 0 spiro atoms. The first-order valence-corrected chi connectivity index (χ1v) is 6.52. The van der Waals surface area contributed by atoms with Gasteiger partial charge in [-0.15, -0.1) is 0 Å². The molecule has 1 aromatic carbocycles. The van der Waals surface area contributed by atoms with Gasteiger partial charge < -0.3 is 5.32 Å². The van der Waals surface area contributed by atoms with E-state index in [-0.39, 0.29) is 5.54 Å². The fourth-order valence-electron chi connectivity index (χ4n) is 2.78. The van der Waals surface area contributed by atoms with Gasteiger partial charge in [-0.1, -0.05) is 38.0 Å². The Morgan fingerprint density at radius 2 is 2.18 bits per heavy atom. The summed E-state index contributed by atoms with van der Waals surface area (Å²) in [5, 5.41) is 13.0. The van der Waals surface area contributed by atoms with Gasteiger partial charge in [0.1, 0.15) is 5.54 Å². The lowest BCUT2D eigenvalue weighted by molar-refractivity contribution is 0.283. The molecule has 1 fully saturated rings. The zero-order chi connectivity index (χ0) is 12.1. The Balaban J connectivity index is 2.12. The molecule has 2 rings (SSSR count). The predicted octanol–water partition coefficient (Wildman–Crippen LogP) is 3.96. The summed E-state index contributed by atoms with van der Waals surface area (Å²) in [5.74, 6) is 0.694. The highest BCUT2D eigenvalue weighted by Crippen LogP contribution is 2.36. The smallest absolute Gasteiger partial charge is 0.125 e. The third-order valence-electron chi connectivity index (χ3n) is 3.80. The Kier molecular flexibility index (Phi) is 3.68. The van der Waals surface area contributed by atoms with Gasteiger partial charge in [0.2, 0.25) is 0 Å². The van der Waals surface area contributed by atoms with Gasteiger partial charge in [0.05, 0.1) is 6.07 Å². The van der Waals surface area contributed by atoms with Crippen LogP contribution in [0.4, 0.5) is 5.69 Å². The molecule has 1 aliphatic carbocycles. The summed E-state index contributed by atoms with van der Waals surface area (Å²) < 4.78 is 0.